The molecule has 1 aliphatic heterocycles. The number of nitrogens with zero attached hydrogens (tertiary/aromatic N) is 1. The number of hydrogen-bond donors (Lipinski definition) is 1. The third kappa shape index (κ3) is 4.03. The average molecular weight is 284 g/mol. The second-order valence-corrected chi connectivity index (χ2v) is 5.45. The first-order valence-electron chi connectivity index (χ1n) is 7.35. The first-order chi connectivity index (χ1) is 10.3. The Hall–Kier alpha value is -1.91. The fourth-order valence-electron chi connectivity index (χ4n) is 2.64. The summed E-state index contributed by atoms with van der Waals surface area (Å²) in [4.78, 5) is 16.2. The fraction of sp³-hybridized carbons (Fsp3) is 0.353. The number of hydrogen-bond acceptors (Lipinski definition) is 3. The molecule has 0 unspecified atom stereocenters. The largest absolute Gasteiger partial charge is 0.379 e. The lowest BCUT2D eigenvalue weighted by Gasteiger charge is -2.26. The van der Waals surface area contributed by atoms with Gasteiger partial charge in [-0.1, -0.05) is 30.3 Å². The molecule has 0 radical (unpaired) electrons. The van der Waals surface area contributed by atoms with E-state index in [9.17, 15) is 4.79 Å². The van der Waals surface area contributed by atoms with Crippen LogP contribution in [0.5, 0.6) is 0 Å². The summed E-state index contributed by atoms with van der Waals surface area (Å²) in [7, 11) is 0. The molecule has 0 bridgehead atoms. The predicted octanol–water partition coefficient (Wildman–Crippen LogP) is 1.80. The minimum atomic E-state index is -0.0557. The fourth-order valence-corrected chi connectivity index (χ4v) is 2.64. The summed E-state index contributed by atoms with van der Waals surface area (Å²) in [6.07, 6.45) is 2.63. The van der Waals surface area contributed by atoms with E-state index in [1.807, 2.05) is 6.07 Å². The predicted molar refractivity (Wildman–Crippen MR) is 82.4 cm³/mol. The molecule has 4 nitrogen and oxygen atoms in total. The number of H-pyrrole nitrogens is 1. The summed E-state index contributed by atoms with van der Waals surface area (Å²) in [5.41, 5.74) is 3.67. The van der Waals surface area contributed by atoms with Gasteiger partial charge in [-0.15, -0.1) is 0 Å². The third-order valence-corrected chi connectivity index (χ3v) is 3.76. The van der Waals surface area contributed by atoms with Gasteiger partial charge in [-0.2, -0.15) is 0 Å². The van der Waals surface area contributed by atoms with Gasteiger partial charge in [0, 0.05) is 31.9 Å². The molecule has 21 heavy (non-hydrogen) atoms. The monoisotopic (exact) mass is 284 g/mol. The molecular formula is C17H20N2O2. The molecule has 0 spiro atoms. The highest BCUT2D eigenvalue weighted by Crippen LogP contribution is 2.13. The highest BCUT2D eigenvalue weighted by molar-refractivity contribution is 5.28. The Balaban J connectivity index is 1.67. The van der Waals surface area contributed by atoms with Crippen LogP contribution in [-0.2, 0) is 17.7 Å². The van der Waals surface area contributed by atoms with Gasteiger partial charge in [0.1, 0.15) is 0 Å². The SMILES string of the molecule is O=c1ccc(Cc2cccc(CN3CCOCC3)c2)c[nH]1. The van der Waals surface area contributed by atoms with Crippen LogP contribution in [-0.4, -0.2) is 36.2 Å². The Morgan fingerprint density at radius 2 is 1.86 bits per heavy atom. The van der Waals surface area contributed by atoms with Crippen LogP contribution in [0.1, 0.15) is 16.7 Å². The van der Waals surface area contributed by atoms with Crippen molar-refractivity contribution in [1.82, 2.24) is 9.88 Å². The van der Waals surface area contributed by atoms with Gasteiger partial charge in [0.2, 0.25) is 5.56 Å². The number of ether oxygens (including phenoxy) is 1. The van der Waals surface area contributed by atoms with Crippen LogP contribution < -0.4 is 5.56 Å². The Kier molecular flexibility index (Phi) is 4.48. The molecule has 1 saturated heterocycles. The van der Waals surface area contributed by atoms with Crippen molar-refractivity contribution in [3.8, 4) is 0 Å². The Bertz CT molecular complexity index is 625. The minimum Gasteiger partial charge on any atom is -0.379 e. The molecule has 0 saturated carbocycles. The van der Waals surface area contributed by atoms with E-state index in [2.05, 4.69) is 34.1 Å². The van der Waals surface area contributed by atoms with Crippen LogP contribution in [0.25, 0.3) is 0 Å². The molecule has 1 aromatic carbocycles. The van der Waals surface area contributed by atoms with Crippen LogP contribution in [0.3, 0.4) is 0 Å². The summed E-state index contributed by atoms with van der Waals surface area (Å²) in [5.74, 6) is 0. The van der Waals surface area contributed by atoms with Gasteiger partial charge in [-0.3, -0.25) is 9.69 Å². The number of aromatic nitrogens is 1. The van der Waals surface area contributed by atoms with E-state index in [1.54, 1.807) is 12.3 Å². The molecule has 2 aromatic rings. The highest BCUT2D eigenvalue weighted by atomic mass is 16.5. The van der Waals surface area contributed by atoms with Crippen molar-refractivity contribution in [2.75, 3.05) is 26.3 Å². The van der Waals surface area contributed by atoms with Crippen LogP contribution in [0, 0.1) is 0 Å². The van der Waals surface area contributed by atoms with E-state index in [-0.39, 0.29) is 5.56 Å². The Labute approximate surface area is 124 Å². The molecule has 1 aliphatic rings. The number of nitrogens with one attached hydrogen (secondary N) is 1. The van der Waals surface area contributed by atoms with E-state index in [4.69, 9.17) is 4.74 Å². The number of benzene rings is 1. The topological polar surface area (TPSA) is 45.3 Å². The van der Waals surface area contributed by atoms with Crippen molar-refractivity contribution >= 4 is 0 Å². The molecule has 2 heterocycles. The van der Waals surface area contributed by atoms with Gasteiger partial charge in [0.15, 0.2) is 0 Å². The van der Waals surface area contributed by atoms with Gasteiger partial charge >= 0.3 is 0 Å². The lowest BCUT2D eigenvalue weighted by Crippen LogP contribution is -2.35. The van der Waals surface area contributed by atoms with Crippen molar-refractivity contribution in [1.29, 1.82) is 0 Å². The molecule has 1 N–H and O–H groups in total. The van der Waals surface area contributed by atoms with Crippen molar-refractivity contribution < 1.29 is 4.74 Å². The number of aromatic amines is 1. The maximum atomic E-state index is 11.1. The van der Waals surface area contributed by atoms with Crippen LogP contribution in [0.15, 0.2) is 47.4 Å². The second kappa shape index (κ2) is 6.70. The molecule has 4 heteroatoms. The van der Waals surface area contributed by atoms with Crippen LogP contribution >= 0.6 is 0 Å². The minimum absolute atomic E-state index is 0.0557. The number of rotatable bonds is 4. The van der Waals surface area contributed by atoms with Crippen molar-refractivity contribution in [3.63, 3.8) is 0 Å². The molecule has 0 aliphatic carbocycles. The quantitative estimate of drug-likeness (QED) is 0.931. The summed E-state index contributed by atoms with van der Waals surface area (Å²) >= 11 is 0. The van der Waals surface area contributed by atoms with Gasteiger partial charge in [-0.05, 0) is 23.1 Å². The van der Waals surface area contributed by atoms with E-state index in [0.717, 1.165) is 44.8 Å². The summed E-state index contributed by atoms with van der Waals surface area (Å²) < 4.78 is 5.38. The lowest BCUT2D eigenvalue weighted by molar-refractivity contribution is 0.0342. The van der Waals surface area contributed by atoms with E-state index < -0.39 is 0 Å². The normalized spacial score (nSPS) is 16.0. The van der Waals surface area contributed by atoms with Crippen molar-refractivity contribution in [2.24, 2.45) is 0 Å². The van der Waals surface area contributed by atoms with E-state index in [1.165, 1.54) is 11.1 Å². The second-order valence-electron chi connectivity index (χ2n) is 5.45. The van der Waals surface area contributed by atoms with Crippen LogP contribution in [0.4, 0.5) is 0 Å². The van der Waals surface area contributed by atoms with Crippen molar-refractivity contribution in [3.05, 3.63) is 69.6 Å². The first kappa shape index (κ1) is 14.0. The summed E-state index contributed by atoms with van der Waals surface area (Å²) in [6.45, 7) is 4.64. The van der Waals surface area contributed by atoms with E-state index >= 15 is 0 Å². The Morgan fingerprint density at radius 1 is 1.05 bits per heavy atom. The summed E-state index contributed by atoms with van der Waals surface area (Å²) in [5, 5.41) is 0. The first-order valence-corrected chi connectivity index (χ1v) is 7.35. The van der Waals surface area contributed by atoms with Gasteiger partial charge in [0.25, 0.3) is 0 Å². The van der Waals surface area contributed by atoms with Crippen LogP contribution in [0.2, 0.25) is 0 Å². The Morgan fingerprint density at radius 3 is 2.62 bits per heavy atom. The zero-order chi connectivity index (χ0) is 14.5. The molecule has 0 amide bonds. The standard InChI is InChI=1S/C17H20N2O2/c20-17-5-4-15(12-18-17)10-14-2-1-3-16(11-14)13-19-6-8-21-9-7-19/h1-5,11-12H,6-10,13H2,(H,18,20). The zero-order valence-electron chi connectivity index (χ0n) is 12.0. The van der Waals surface area contributed by atoms with E-state index in [0.29, 0.717) is 0 Å². The van der Waals surface area contributed by atoms with Gasteiger partial charge < -0.3 is 9.72 Å². The third-order valence-electron chi connectivity index (χ3n) is 3.76. The maximum Gasteiger partial charge on any atom is 0.247 e. The highest BCUT2D eigenvalue weighted by Gasteiger charge is 2.10. The number of pyridine rings is 1. The average Bonchev–Trinajstić information content (AvgIpc) is 2.51. The molecular weight excluding hydrogens is 264 g/mol. The maximum absolute atomic E-state index is 11.1. The summed E-state index contributed by atoms with van der Waals surface area (Å²) in [6, 6.07) is 12.1. The molecule has 110 valence electrons. The number of morpholine rings is 1. The molecule has 1 fully saturated rings. The van der Waals surface area contributed by atoms with Gasteiger partial charge in [0.05, 0.1) is 13.2 Å². The molecule has 3 rings (SSSR count). The van der Waals surface area contributed by atoms with Gasteiger partial charge in [-0.25, -0.2) is 0 Å². The zero-order valence-corrected chi connectivity index (χ0v) is 12.0. The lowest BCUT2D eigenvalue weighted by atomic mass is 10.0. The molecule has 0 atom stereocenters. The molecule has 1 aromatic heterocycles. The smallest absolute Gasteiger partial charge is 0.247 e. The van der Waals surface area contributed by atoms with Crippen molar-refractivity contribution in [2.45, 2.75) is 13.0 Å².